The SMILES string of the molecule is CC(F)(F)C(=O)N1CCC(CC#N)(n2nc(Nc3ccc(S(C)(=O)=O)cc3)c3c(=O)[nH]ccc32)CC1. The number of fused-ring (bicyclic) bond motifs is 1. The maximum atomic E-state index is 13.6. The number of halogens is 2. The number of hydrogen-bond acceptors (Lipinski definition) is 7. The number of sulfone groups is 1. The molecule has 1 aliphatic heterocycles. The average Bonchev–Trinajstić information content (AvgIpc) is 3.18. The lowest BCUT2D eigenvalue weighted by molar-refractivity contribution is -0.157. The van der Waals surface area contributed by atoms with Crippen molar-refractivity contribution in [3.63, 3.8) is 0 Å². The van der Waals surface area contributed by atoms with E-state index in [1.54, 1.807) is 22.9 Å². The number of carbonyl (C=O) groups is 1. The van der Waals surface area contributed by atoms with E-state index < -0.39 is 32.8 Å². The van der Waals surface area contributed by atoms with Crippen molar-refractivity contribution in [3.8, 4) is 6.07 Å². The Morgan fingerprint density at radius 1 is 1.25 bits per heavy atom. The molecule has 0 atom stereocenters. The van der Waals surface area contributed by atoms with Gasteiger partial charge in [0.15, 0.2) is 15.7 Å². The van der Waals surface area contributed by atoms with Crippen LogP contribution in [0.5, 0.6) is 0 Å². The van der Waals surface area contributed by atoms with E-state index in [0.717, 1.165) is 11.2 Å². The molecule has 13 heteroatoms. The minimum Gasteiger partial charge on any atom is -0.338 e. The third-order valence-electron chi connectivity index (χ3n) is 6.36. The minimum absolute atomic E-state index is 0.00417. The van der Waals surface area contributed by atoms with Crippen molar-refractivity contribution in [2.24, 2.45) is 0 Å². The van der Waals surface area contributed by atoms with Gasteiger partial charge in [-0.05, 0) is 43.2 Å². The molecule has 1 aliphatic rings. The highest BCUT2D eigenvalue weighted by atomic mass is 32.2. The van der Waals surface area contributed by atoms with Crippen LogP contribution in [0.3, 0.4) is 0 Å². The number of nitrogens with zero attached hydrogens (tertiary/aromatic N) is 4. The Bertz CT molecular complexity index is 1510. The summed E-state index contributed by atoms with van der Waals surface area (Å²) in [5, 5.41) is 17.5. The fourth-order valence-electron chi connectivity index (χ4n) is 4.46. The quantitative estimate of drug-likeness (QED) is 0.511. The van der Waals surface area contributed by atoms with Crippen LogP contribution in [0.25, 0.3) is 10.9 Å². The van der Waals surface area contributed by atoms with Crippen molar-refractivity contribution in [3.05, 3.63) is 46.9 Å². The fraction of sp³-hybridized carbons (Fsp3) is 0.391. The molecule has 1 aromatic carbocycles. The number of H-pyrrole nitrogens is 1. The van der Waals surface area contributed by atoms with E-state index in [4.69, 9.17) is 0 Å². The number of amides is 1. The molecular formula is C23H24F2N6O4S. The number of benzene rings is 1. The first-order valence-electron chi connectivity index (χ1n) is 11.1. The minimum atomic E-state index is -3.50. The Morgan fingerprint density at radius 2 is 1.89 bits per heavy atom. The molecule has 0 radical (unpaired) electrons. The number of rotatable bonds is 6. The van der Waals surface area contributed by atoms with Crippen LogP contribution in [0, 0.1) is 11.3 Å². The third kappa shape index (κ3) is 4.68. The highest BCUT2D eigenvalue weighted by Crippen LogP contribution is 2.38. The van der Waals surface area contributed by atoms with E-state index in [9.17, 15) is 32.0 Å². The molecule has 190 valence electrons. The van der Waals surface area contributed by atoms with Gasteiger partial charge in [-0.15, -0.1) is 0 Å². The van der Waals surface area contributed by atoms with E-state index in [-0.39, 0.29) is 48.5 Å². The van der Waals surface area contributed by atoms with Gasteiger partial charge < -0.3 is 15.2 Å². The fourth-order valence-corrected chi connectivity index (χ4v) is 5.09. The van der Waals surface area contributed by atoms with Gasteiger partial charge in [-0.3, -0.25) is 14.3 Å². The topological polar surface area (TPSA) is 141 Å². The van der Waals surface area contributed by atoms with Gasteiger partial charge >= 0.3 is 5.92 Å². The van der Waals surface area contributed by atoms with Gasteiger partial charge in [0, 0.05) is 38.2 Å². The van der Waals surface area contributed by atoms with Crippen LogP contribution >= 0.6 is 0 Å². The lowest BCUT2D eigenvalue weighted by atomic mass is 9.84. The second-order valence-electron chi connectivity index (χ2n) is 8.99. The summed E-state index contributed by atoms with van der Waals surface area (Å²) in [6, 6.07) is 9.70. The monoisotopic (exact) mass is 518 g/mol. The number of nitrogens with one attached hydrogen (secondary N) is 2. The van der Waals surface area contributed by atoms with Crippen LogP contribution in [0.1, 0.15) is 26.2 Å². The Labute approximate surface area is 205 Å². The Kier molecular flexibility index (Phi) is 6.34. The van der Waals surface area contributed by atoms with E-state index >= 15 is 0 Å². The molecule has 1 amide bonds. The number of alkyl halides is 2. The predicted octanol–water partition coefficient (Wildman–Crippen LogP) is 2.76. The molecule has 2 N–H and O–H groups in total. The Hall–Kier alpha value is -3.79. The number of pyridine rings is 1. The standard InChI is InChI=1S/C23H24F2N6O4S/c1-22(24,25)21(33)30-13-9-23(8-11-26,10-14-30)31-17-7-12-27-20(32)18(17)19(29-31)28-15-3-5-16(6-4-15)36(2,34)35/h3-7,12H,8-10,13-14H2,1-2H3,(H,27,32)(H,28,29). The van der Waals surface area contributed by atoms with Crippen LogP contribution in [0.4, 0.5) is 20.3 Å². The van der Waals surface area contributed by atoms with Crippen LogP contribution in [0.15, 0.2) is 46.2 Å². The number of anilines is 2. The molecule has 3 aromatic rings. The maximum Gasteiger partial charge on any atom is 0.322 e. The molecule has 3 heterocycles. The second-order valence-corrected chi connectivity index (χ2v) is 11.0. The molecule has 0 bridgehead atoms. The van der Waals surface area contributed by atoms with Crippen molar-refractivity contribution in [2.45, 2.75) is 42.5 Å². The molecule has 2 aromatic heterocycles. The number of piperidine rings is 1. The van der Waals surface area contributed by atoms with E-state index in [2.05, 4.69) is 21.5 Å². The van der Waals surface area contributed by atoms with Gasteiger partial charge in [0.1, 0.15) is 5.39 Å². The summed E-state index contributed by atoms with van der Waals surface area (Å²) in [5.74, 6) is -4.57. The molecule has 1 saturated heterocycles. The van der Waals surface area contributed by atoms with Crippen LogP contribution < -0.4 is 10.9 Å². The van der Waals surface area contributed by atoms with Crippen LogP contribution in [-0.4, -0.2) is 59.3 Å². The van der Waals surface area contributed by atoms with Crippen molar-refractivity contribution >= 4 is 38.2 Å². The summed E-state index contributed by atoms with van der Waals surface area (Å²) in [6.07, 6.45) is 2.91. The number of nitriles is 1. The third-order valence-corrected chi connectivity index (χ3v) is 7.49. The number of carbonyl (C=O) groups excluding carboxylic acids is 1. The second kappa shape index (κ2) is 9.02. The van der Waals surface area contributed by atoms with E-state index in [1.807, 2.05) is 0 Å². The molecule has 10 nitrogen and oxygen atoms in total. The molecule has 1 fully saturated rings. The van der Waals surface area contributed by atoms with Gasteiger partial charge in [0.25, 0.3) is 11.5 Å². The van der Waals surface area contributed by atoms with E-state index in [1.165, 1.54) is 18.3 Å². The highest BCUT2D eigenvalue weighted by Gasteiger charge is 2.44. The molecule has 0 spiro atoms. The number of likely N-dealkylation sites (tertiary alicyclic amines) is 1. The average molecular weight is 519 g/mol. The first-order chi connectivity index (χ1) is 16.9. The van der Waals surface area contributed by atoms with Gasteiger partial charge in [0.05, 0.1) is 28.4 Å². The zero-order valence-corrected chi connectivity index (χ0v) is 20.4. The zero-order chi connectivity index (χ0) is 26.3. The molecular weight excluding hydrogens is 494 g/mol. The summed E-state index contributed by atoms with van der Waals surface area (Å²) in [5.41, 5.74) is -0.443. The summed E-state index contributed by atoms with van der Waals surface area (Å²) in [6.45, 7) is 0.564. The summed E-state index contributed by atoms with van der Waals surface area (Å²) in [7, 11) is -3.39. The normalized spacial score (nSPS) is 16.0. The molecule has 0 saturated carbocycles. The van der Waals surface area contributed by atoms with Crippen molar-refractivity contribution in [1.82, 2.24) is 19.7 Å². The smallest absolute Gasteiger partial charge is 0.322 e. The van der Waals surface area contributed by atoms with Crippen molar-refractivity contribution in [2.75, 3.05) is 24.7 Å². The van der Waals surface area contributed by atoms with Crippen molar-refractivity contribution < 1.29 is 22.0 Å². The van der Waals surface area contributed by atoms with Crippen molar-refractivity contribution in [1.29, 1.82) is 5.26 Å². The van der Waals surface area contributed by atoms with Gasteiger partial charge in [-0.25, -0.2) is 8.42 Å². The molecule has 0 unspecified atom stereocenters. The predicted molar refractivity (Wildman–Crippen MR) is 128 cm³/mol. The number of aromatic nitrogens is 3. The number of aromatic amines is 1. The Morgan fingerprint density at radius 3 is 2.44 bits per heavy atom. The first kappa shape index (κ1) is 25.3. The summed E-state index contributed by atoms with van der Waals surface area (Å²) in [4.78, 5) is 28.6. The molecule has 0 aliphatic carbocycles. The van der Waals surface area contributed by atoms with Gasteiger partial charge in [-0.2, -0.15) is 19.1 Å². The maximum absolute atomic E-state index is 13.6. The Balaban J connectivity index is 1.74. The van der Waals surface area contributed by atoms with Gasteiger partial charge in [0.2, 0.25) is 0 Å². The summed E-state index contributed by atoms with van der Waals surface area (Å²) < 4.78 is 52.2. The van der Waals surface area contributed by atoms with E-state index in [0.29, 0.717) is 18.1 Å². The highest BCUT2D eigenvalue weighted by molar-refractivity contribution is 7.90. The zero-order valence-electron chi connectivity index (χ0n) is 19.6. The largest absolute Gasteiger partial charge is 0.338 e. The lowest BCUT2D eigenvalue weighted by Gasteiger charge is -2.41. The lowest BCUT2D eigenvalue weighted by Crippen LogP contribution is -2.51. The number of hydrogen-bond donors (Lipinski definition) is 2. The molecule has 36 heavy (non-hydrogen) atoms. The first-order valence-corrected chi connectivity index (χ1v) is 13.0. The van der Waals surface area contributed by atoms with Crippen LogP contribution in [0.2, 0.25) is 0 Å². The summed E-state index contributed by atoms with van der Waals surface area (Å²) >= 11 is 0. The molecule has 4 rings (SSSR count). The van der Waals surface area contributed by atoms with Crippen LogP contribution in [-0.2, 0) is 20.2 Å². The van der Waals surface area contributed by atoms with Gasteiger partial charge in [-0.1, -0.05) is 0 Å².